The molecule has 0 saturated carbocycles. The van der Waals surface area contributed by atoms with Crippen LogP contribution >= 0.6 is 23.7 Å². The lowest BCUT2D eigenvalue weighted by atomic mass is 10.2. The van der Waals surface area contributed by atoms with Gasteiger partial charge in [-0.2, -0.15) is 0 Å². The highest BCUT2D eigenvalue weighted by atomic mass is 35.5. The molecule has 0 aliphatic rings. The van der Waals surface area contributed by atoms with Gasteiger partial charge in [0.2, 0.25) is 5.91 Å². The smallest absolute Gasteiger partial charge is 0.247 e. The van der Waals surface area contributed by atoms with Crippen LogP contribution in [0.1, 0.15) is 13.8 Å². The van der Waals surface area contributed by atoms with Crippen LogP contribution < -0.4 is 9.70 Å². The van der Waals surface area contributed by atoms with Gasteiger partial charge in [0.1, 0.15) is 6.54 Å². The van der Waals surface area contributed by atoms with Crippen molar-refractivity contribution in [1.82, 2.24) is 4.57 Å². The minimum Gasteiger partial charge on any atom is -0.308 e. The second kappa shape index (κ2) is 7.64. The van der Waals surface area contributed by atoms with Crippen LogP contribution in [0.15, 0.2) is 54.6 Å². The fourth-order valence-corrected chi connectivity index (χ4v) is 3.63. The number of hydrogen-bond donors (Lipinski definition) is 1. The monoisotopic (exact) mass is 361 g/mol. The number of hydrogen-bond acceptors (Lipinski definition) is 3. The van der Waals surface area contributed by atoms with Gasteiger partial charge in [-0.25, -0.2) is 0 Å². The molecular formula is C18H20ClN3OS. The van der Waals surface area contributed by atoms with E-state index in [0.29, 0.717) is 4.80 Å². The van der Waals surface area contributed by atoms with Gasteiger partial charge in [-0.15, -0.1) is 12.4 Å². The normalized spacial score (nSPS) is 10.6. The number of anilines is 1. The minimum atomic E-state index is -0.00625. The second-order valence-corrected chi connectivity index (χ2v) is 6.68. The summed E-state index contributed by atoms with van der Waals surface area (Å²) in [6.45, 7) is 4.18. The van der Waals surface area contributed by atoms with Crippen LogP contribution in [0, 0.1) is 5.41 Å². The van der Waals surface area contributed by atoms with Crippen molar-refractivity contribution in [2.75, 3.05) is 4.90 Å². The number of carbonyl (C=O) groups excluding carboxylic acids is 1. The maximum Gasteiger partial charge on any atom is 0.247 e. The number of amides is 1. The van der Waals surface area contributed by atoms with Gasteiger partial charge in [-0.05, 0) is 38.1 Å². The number of thiazole rings is 1. The van der Waals surface area contributed by atoms with Crippen molar-refractivity contribution in [3.8, 4) is 0 Å². The molecule has 3 aromatic rings. The van der Waals surface area contributed by atoms with E-state index in [9.17, 15) is 4.79 Å². The molecule has 4 nitrogen and oxygen atoms in total. The van der Waals surface area contributed by atoms with E-state index in [1.165, 1.54) is 11.3 Å². The molecule has 24 heavy (non-hydrogen) atoms. The molecule has 1 heterocycles. The van der Waals surface area contributed by atoms with Gasteiger partial charge in [-0.3, -0.25) is 10.2 Å². The summed E-state index contributed by atoms with van der Waals surface area (Å²) < 4.78 is 2.81. The average Bonchev–Trinajstić information content (AvgIpc) is 2.84. The highest BCUT2D eigenvalue weighted by molar-refractivity contribution is 7.16. The number of halogens is 1. The van der Waals surface area contributed by atoms with Crippen molar-refractivity contribution in [2.45, 2.75) is 26.4 Å². The molecule has 6 heteroatoms. The number of rotatable bonds is 4. The lowest BCUT2D eigenvalue weighted by molar-refractivity contribution is -0.119. The predicted octanol–water partition coefficient (Wildman–Crippen LogP) is 4.05. The zero-order valence-corrected chi connectivity index (χ0v) is 15.2. The van der Waals surface area contributed by atoms with Crippen molar-refractivity contribution < 1.29 is 4.79 Å². The number of nitrogens with zero attached hydrogens (tertiary/aromatic N) is 2. The largest absolute Gasteiger partial charge is 0.308 e. The van der Waals surface area contributed by atoms with E-state index in [-0.39, 0.29) is 30.9 Å². The molecule has 0 aliphatic carbocycles. The van der Waals surface area contributed by atoms with Crippen molar-refractivity contribution in [3.05, 3.63) is 59.4 Å². The topological polar surface area (TPSA) is 49.1 Å². The molecule has 0 radical (unpaired) electrons. The quantitative estimate of drug-likeness (QED) is 0.748. The van der Waals surface area contributed by atoms with Crippen molar-refractivity contribution in [2.24, 2.45) is 0 Å². The Morgan fingerprint density at radius 1 is 1.12 bits per heavy atom. The summed E-state index contributed by atoms with van der Waals surface area (Å²) in [5, 5.41) is 8.16. The summed E-state index contributed by atoms with van der Waals surface area (Å²) in [7, 11) is 0. The molecule has 0 saturated heterocycles. The summed E-state index contributed by atoms with van der Waals surface area (Å²) in [6.07, 6.45) is 0. The highest BCUT2D eigenvalue weighted by Gasteiger charge is 2.20. The molecule has 2 aromatic carbocycles. The van der Waals surface area contributed by atoms with Gasteiger partial charge in [0, 0.05) is 11.7 Å². The molecule has 126 valence electrons. The Balaban J connectivity index is 0.00000208. The Bertz CT molecular complexity index is 886. The number of carbonyl (C=O) groups is 1. The van der Waals surface area contributed by atoms with Gasteiger partial charge in [0.25, 0.3) is 0 Å². The summed E-state index contributed by atoms with van der Waals surface area (Å²) in [4.78, 5) is 15.1. The molecule has 1 aromatic heterocycles. The molecule has 0 atom stereocenters. The van der Waals surface area contributed by atoms with Crippen LogP contribution in [0.25, 0.3) is 10.2 Å². The first-order valence-electron chi connectivity index (χ1n) is 7.58. The third-order valence-corrected chi connectivity index (χ3v) is 4.70. The van der Waals surface area contributed by atoms with Crippen molar-refractivity contribution in [3.63, 3.8) is 0 Å². The van der Waals surface area contributed by atoms with E-state index in [2.05, 4.69) is 0 Å². The number of aromatic nitrogens is 1. The Hall–Kier alpha value is -2.11. The standard InChI is InChI=1S/C18H19N3OS.ClH/c1-13(2)21(14-8-4-3-5-9-14)17(22)12-20-15-10-6-7-11-16(15)23-18(20)19;/h3-11,13,19H,12H2,1-2H3;1H. The van der Waals surface area contributed by atoms with Gasteiger partial charge in [0.05, 0.1) is 10.2 Å². The van der Waals surface area contributed by atoms with E-state index in [1.54, 1.807) is 9.47 Å². The number of nitrogens with one attached hydrogen (secondary N) is 1. The first kappa shape index (κ1) is 18.2. The van der Waals surface area contributed by atoms with Crippen LogP contribution in [0.4, 0.5) is 5.69 Å². The SMILES string of the molecule is CC(C)N(C(=O)Cn1c(=N)sc2ccccc21)c1ccccc1.Cl. The maximum atomic E-state index is 12.9. The lowest BCUT2D eigenvalue weighted by Crippen LogP contribution is -2.40. The molecular weight excluding hydrogens is 342 g/mol. The molecule has 1 N–H and O–H groups in total. The molecule has 0 aliphatic heterocycles. The molecule has 0 spiro atoms. The van der Waals surface area contributed by atoms with Gasteiger partial charge < -0.3 is 9.47 Å². The van der Waals surface area contributed by atoms with E-state index < -0.39 is 0 Å². The van der Waals surface area contributed by atoms with E-state index in [1.807, 2.05) is 68.4 Å². The molecule has 0 fully saturated rings. The molecule has 3 rings (SSSR count). The second-order valence-electron chi connectivity index (χ2n) is 5.65. The zero-order chi connectivity index (χ0) is 16.4. The van der Waals surface area contributed by atoms with E-state index in [0.717, 1.165) is 15.9 Å². The molecule has 0 bridgehead atoms. The fourth-order valence-electron chi connectivity index (χ4n) is 2.72. The highest BCUT2D eigenvalue weighted by Crippen LogP contribution is 2.20. The zero-order valence-electron chi connectivity index (χ0n) is 13.6. The van der Waals surface area contributed by atoms with Gasteiger partial charge in [0.15, 0.2) is 4.80 Å². The van der Waals surface area contributed by atoms with E-state index >= 15 is 0 Å². The fraction of sp³-hybridized carbons (Fsp3) is 0.222. The number of fused-ring (bicyclic) bond motifs is 1. The Morgan fingerprint density at radius 3 is 2.42 bits per heavy atom. The minimum absolute atomic E-state index is 0. The summed E-state index contributed by atoms with van der Waals surface area (Å²) in [6, 6.07) is 17.6. The third kappa shape index (κ3) is 3.52. The van der Waals surface area contributed by atoms with Crippen LogP contribution in [-0.4, -0.2) is 16.5 Å². The molecule has 1 amide bonds. The Morgan fingerprint density at radius 2 is 1.75 bits per heavy atom. The van der Waals surface area contributed by atoms with Gasteiger partial charge in [-0.1, -0.05) is 41.7 Å². The Labute approximate surface area is 151 Å². The summed E-state index contributed by atoms with van der Waals surface area (Å²) in [5.41, 5.74) is 1.83. The van der Waals surface area contributed by atoms with Crippen LogP contribution in [0.3, 0.4) is 0 Å². The first-order chi connectivity index (χ1) is 11.1. The van der Waals surface area contributed by atoms with Crippen LogP contribution in [0.5, 0.6) is 0 Å². The summed E-state index contributed by atoms with van der Waals surface area (Å²) >= 11 is 1.40. The maximum absolute atomic E-state index is 12.9. The summed E-state index contributed by atoms with van der Waals surface area (Å²) in [5.74, 6) is -0.00625. The predicted molar refractivity (Wildman–Crippen MR) is 102 cm³/mol. The van der Waals surface area contributed by atoms with Crippen molar-refractivity contribution >= 4 is 45.6 Å². The van der Waals surface area contributed by atoms with Gasteiger partial charge >= 0.3 is 0 Å². The van der Waals surface area contributed by atoms with Crippen molar-refractivity contribution in [1.29, 1.82) is 5.41 Å². The molecule has 0 unspecified atom stereocenters. The number of benzene rings is 2. The average molecular weight is 362 g/mol. The van der Waals surface area contributed by atoms with Crippen LogP contribution in [-0.2, 0) is 11.3 Å². The van der Waals surface area contributed by atoms with E-state index in [4.69, 9.17) is 5.41 Å². The third-order valence-electron chi connectivity index (χ3n) is 3.72. The Kier molecular flexibility index (Phi) is 5.80. The lowest BCUT2D eigenvalue weighted by Gasteiger charge is -2.27. The first-order valence-corrected chi connectivity index (χ1v) is 8.39. The van der Waals surface area contributed by atoms with Crippen LogP contribution in [0.2, 0.25) is 0 Å². The number of para-hydroxylation sites is 2.